The lowest BCUT2D eigenvalue weighted by atomic mass is 10.1. The van der Waals surface area contributed by atoms with E-state index < -0.39 is 6.10 Å². The summed E-state index contributed by atoms with van der Waals surface area (Å²) in [5.74, 6) is 1.56. The molecule has 3 rings (SSSR count). The van der Waals surface area contributed by atoms with E-state index in [1.165, 1.54) is 0 Å². The zero-order valence-electron chi connectivity index (χ0n) is 14.8. The third-order valence-corrected chi connectivity index (χ3v) is 4.57. The molecule has 5 nitrogen and oxygen atoms in total. The summed E-state index contributed by atoms with van der Waals surface area (Å²) in [5.41, 5.74) is 1.04. The van der Waals surface area contributed by atoms with E-state index in [1.54, 1.807) is 0 Å². The SMILES string of the molecule is C[C@H](OC[C@@H](O)C[NH2+]C[C@@H]1COc2ccccc2O1)c1ccc(Cl)cc1. The van der Waals surface area contributed by atoms with Crippen LogP contribution in [0.4, 0.5) is 0 Å². The van der Waals surface area contributed by atoms with E-state index >= 15 is 0 Å². The van der Waals surface area contributed by atoms with Crippen LogP contribution in [0.5, 0.6) is 11.5 Å². The average molecular weight is 379 g/mol. The second-order valence-corrected chi connectivity index (χ2v) is 6.88. The van der Waals surface area contributed by atoms with E-state index in [0.717, 1.165) is 23.6 Å². The molecule has 1 aliphatic rings. The van der Waals surface area contributed by atoms with Crippen LogP contribution < -0.4 is 14.8 Å². The molecule has 0 aliphatic carbocycles. The highest BCUT2D eigenvalue weighted by atomic mass is 35.5. The van der Waals surface area contributed by atoms with Gasteiger partial charge in [-0.05, 0) is 36.8 Å². The summed E-state index contributed by atoms with van der Waals surface area (Å²) >= 11 is 5.89. The number of ether oxygens (including phenoxy) is 3. The first-order valence-corrected chi connectivity index (χ1v) is 9.25. The minimum Gasteiger partial charge on any atom is -0.486 e. The lowest BCUT2D eigenvalue weighted by Crippen LogP contribution is -2.89. The molecule has 0 bridgehead atoms. The number of fused-ring (bicyclic) bond motifs is 1. The summed E-state index contributed by atoms with van der Waals surface area (Å²) in [5, 5.41) is 12.9. The van der Waals surface area contributed by atoms with Gasteiger partial charge in [0.2, 0.25) is 0 Å². The number of hydrogen-bond acceptors (Lipinski definition) is 4. The first kappa shape index (κ1) is 19.0. The number of halogens is 1. The molecule has 0 amide bonds. The van der Waals surface area contributed by atoms with Crippen LogP contribution in [-0.4, -0.2) is 43.6 Å². The maximum atomic E-state index is 10.1. The minimum absolute atomic E-state index is 0.0222. The van der Waals surface area contributed by atoms with Crippen LogP contribution in [0.15, 0.2) is 48.5 Å². The van der Waals surface area contributed by atoms with Crippen LogP contribution in [0, 0.1) is 0 Å². The van der Waals surface area contributed by atoms with Gasteiger partial charge in [-0.25, -0.2) is 0 Å². The van der Waals surface area contributed by atoms with Gasteiger partial charge in [0.15, 0.2) is 17.6 Å². The standard InChI is InChI=1S/C20H24ClNO4/c1-14(15-6-8-16(21)9-7-15)24-12-17(23)10-22-11-18-13-25-19-4-2-3-5-20(19)26-18/h2-9,14,17-18,22-23H,10-13H2,1H3/p+1/t14-,17-,18+/m0/s1. The summed E-state index contributed by atoms with van der Waals surface area (Å²) in [4.78, 5) is 0. The highest BCUT2D eigenvalue weighted by Gasteiger charge is 2.22. The van der Waals surface area contributed by atoms with Gasteiger partial charge in [-0.15, -0.1) is 0 Å². The zero-order valence-corrected chi connectivity index (χ0v) is 15.6. The Kier molecular flexibility index (Phi) is 6.74. The van der Waals surface area contributed by atoms with Gasteiger partial charge < -0.3 is 24.6 Å². The van der Waals surface area contributed by atoms with Crippen LogP contribution in [0.3, 0.4) is 0 Å². The molecule has 0 saturated carbocycles. The largest absolute Gasteiger partial charge is 0.486 e. The Morgan fingerprint density at radius 2 is 1.92 bits per heavy atom. The predicted molar refractivity (Wildman–Crippen MR) is 99.8 cm³/mol. The van der Waals surface area contributed by atoms with Crippen molar-refractivity contribution in [2.45, 2.75) is 25.2 Å². The fourth-order valence-corrected chi connectivity index (χ4v) is 2.93. The third-order valence-electron chi connectivity index (χ3n) is 4.31. The van der Waals surface area contributed by atoms with Crippen molar-refractivity contribution in [1.82, 2.24) is 0 Å². The lowest BCUT2D eigenvalue weighted by molar-refractivity contribution is -0.666. The van der Waals surface area contributed by atoms with Gasteiger partial charge in [0, 0.05) is 5.02 Å². The number of aliphatic hydroxyl groups is 1. The molecule has 6 heteroatoms. The molecule has 0 saturated heterocycles. The van der Waals surface area contributed by atoms with Crippen LogP contribution >= 0.6 is 11.6 Å². The molecule has 0 radical (unpaired) electrons. The second-order valence-electron chi connectivity index (χ2n) is 6.44. The summed E-state index contributed by atoms with van der Waals surface area (Å²) in [6.45, 7) is 4.04. The monoisotopic (exact) mass is 378 g/mol. The summed E-state index contributed by atoms with van der Waals surface area (Å²) in [7, 11) is 0. The van der Waals surface area contributed by atoms with Gasteiger partial charge in [0.05, 0.1) is 12.7 Å². The molecule has 26 heavy (non-hydrogen) atoms. The van der Waals surface area contributed by atoms with Crippen molar-refractivity contribution in [1.29, 1.82) is 0 Å². The Balaban J connectivity index is 1.34. The Bertz CT molecular complexity index is 694. The molecule has 1 heterocycles. The van der Waals surface area contributed by atoms with Gasteiger partial charge in [0.1, 0.15) is 25.8 Å². The summed E-state index contributed by atoms with van der Waals surface area (Å²) in [6.07, 6.45) is -0.652. The van der Waals surface area contributed by atoms with Crippen LogP contribution in [0.1, 0.15) is 18.6 Å². The quantitative estimate of drug-likeness (QED) is 0.739. The second kappa shape index (κ2) is 9.24. The van der Waals surface area contributed by atoms with Gasteiger partial charge in [-0.1, -0.05) is 35.9 Å². The van der Waals surface area contributed by atoms with Crippen molar-refractivity contribution in [2.75, 3.05) is 26.3 Å². The van der Waals surface area contributed by atoms with Gasteiger partial charge in [-0.2, -0.15) is 0 Å². The van der Waals surface area contributed by atoms with Crippen molar-refractivity contribution in [3.63, 3.8) is 0 Å². The molecule has 0 aromatic heterocycles. The smallest absolute Gasteiger partial charge is 0.181 e. The fourth-order valence-electron chi connectivity index (χ4n) is 2.81. The number of para-hydroxylation sites is 2. The topological polar surface area (TPSA) is 64.5 Å². The van der Waals surface area contributed by atoms with Crippen LogP contribution in [0.25, 0.3) is 0 Å². The molecule has 1 aliphatic heterocycles. The molecule has 0 spiro atoms. The highest BCUT2D eigenvalue weighted by molar-refractivity contribution is 6.30. The van der Waals surface area contributed by atoms with Gasteiger partial charge >= 0.3 is 0 Å². The Labute approximate surface area is 158 Å². The average Bonchev–Trinajstić information content (AvgIpc) is 2.66. The van der Waals surface area contributed by atoms with Gasteiger partial charge in [0.25, 0.3) is 0 Å². The van der Waals surface area contributed by atoms with E-state index in [9.17, 15) is 5.11 Å². The normalized spacial score (nSPS) is 18.3. The maximum Gasteiger partial charge on any atom is 0.181 e. The van der Waals surface area contributed by atoms with Crippen molar-refractivity contribution in [3.05, 3.63) is 59.1 Å². The number of benzene rings is 2. The molecule has 3 N–H and O–H groups in total. The van der Waals surface area contributed by atoms with Crippen molar-refractivity contribution in [2.24, 2.45) is 0 Å². The van der Waals surface area contributed by atoms with Gasteiger partial charge in [-0.3, -0.25) is 0 Å². The van der Waals surface area contributed by atoms with E-state index in [0.29, 0.717) is 18.2 Å². The molecule has 140 valence electrons. The maximum absolute atomic E-state index is 10.1. The number of aliphatic hydroxyl groups excluding tert-OH is 1. The molecule has 2 aromatic carbocycles. The molecular formula is C20H25ClNO4+. The fraction of sp³-hybridized carbons (Fsp3) is 0.400. The highest BCUT2D eigenvalue weighted by Crippen LogP contribution is 2.30. The third kappa shape index (κ3) is 5.35. The van der Waals surface area contributed by atoms with Crippen molar-refractivity contribution < 1.29 is 24.6 Å². The van der Waals surface area contributed by atoms with Crippen molar-refractivity contribution >= 4 is 11.6 Å². The van der Waals surface area contributed by atoms with E-state index in [1.807, 2.05) is 60.8 Å². The predicted octanol–water partition coefficient (Wildman–Crippen LogP) is 2.18. The number of rotatable bonds is 8. The number of nitrogens with two attached hydrogens (primary N) is 1. The Hall–Kier alpha value is -1.79. The van der Waals surface area contributed by atoms with Crippen molar-refractivity contribution in [3.8, 4) is 11.5 Å². The molecule has 0 fully saturated rings. The van der Waals surface area contributed by atoms with Crippen LogP contribution in [-0.2, 0) is 4.74 Å². The first-order valence-electron chi connectivity index (χ1n) is 8.87. The molecule has 2 aromatic rings. The number of quaternary nitrogens is 1. The van der Waals surface area contributed by atoms with E-state index in [4.69, 9.17) is 25.8 Å². The zero-order chi connectivity index (χ0) is 18.4. The first-order chi connectivity index (χ1) is 12.6. The van der Waals surface area contributed by atoms with E-state index in [2.05, 4.69) is 0 Å². The molecule has 3 atom stereocenters. The molecular weight excluding hydrogens is 354 g/mol. The minimum atomic E-state index is -0.540. The van der Waals surface area contributed by atoms with Crippen LogP contribution in [0.2, 0.25) is 5.02 Å². The Morgan fingerprint density at radius 1 is 1.19 bits per heavy atom. The summed E-state index contributed by atoms with van der Waals surface area (Å²) in [6, 6.07) is 15.2. The molecule has 0 unspecified atom stereocenters. The Morgan fingerprint density at radius 3 is 2.69 bits per heavy atom. The number of hydrogen-bond donors (Lipinski definition) is 2. The lowest BCUT2D eigenvalue weighted by Gasteiger charge is -2.25. The van der Waals surface area contributed by atoms with E-state index in [-0.39, 0.29) is 18.8 Å². The summed E-state index contributed by atoms with van der Waals surface area (Å²) < 4.78 is 17.3.